The minimum atomic E-state index is -0.175. The molecule has 2 fully saturated rings. The molecule has 3 aromatic carbocycles. The van der Waals surface area contributed by atoms with Crippen molar-refractivity contribution in [1.29, 1.82) is 0 Å². The topological polar surface area (TPSA) is 53.1 Å². The Balaban J connectivity index is 1.10. The Labute approximate surface area is 232 Å². The number of piperidine rings is 2. The number of rotatable bonds is 5. The maximum absolute atomic E-state index is 15.5. The third kappa shape index (κ3) is 5.02. The summed E-state index contributed by atoms with van der Waals surface area (Å²) in [7, 11) is 0. The number of fused-ring (bicyclic) bond motifs is 2. The van der Waals surface area contributed by atoms with E-state index in [1.807, 2.05) is 35.8 Å². The molecule has 39 heavy (non-hydrogen) atoms. The fourth-order valence-corrected chi connectivity index (χ4v) is 6.96. The average molecular weight is 538 g/mol. The summed E-state index contributed by atoms with van der Waals surface area (Å²) in [6.45, 7) is 5.32. The van der Waals surface area contributed by atoms with Crippen LogP contribution in [-0.2, 0) is 6.54 Å². The van der Waals surface area contributed by atoms with Crippen molar-refractivity contribution >= 4 is 43.8 Å². The number of aromatic nitrogens is 2. The monoisotopic (exact) mass is 537 g/mol. The summed E-state index contributed by atoms with van der Waals surface area (Å²) in [5, 5.41) is 7.97. The van der Waals surface area contributed by atoms with Gasteiger partial charge in [0.25, 0.3) is 0 Å². The van der Waals surface area contributed by atoms with Gasteiger partial charge in [-0.2, -0.15) is 0 Å². The summed E-state index contributed by atoms with van der Waals surface area (Å²) in [5.41, 5.74) is 8.64. The molecular formula is C32H32FN5S. The highest BCUT2D eigenvalue weighted by Crippen LogP contribution is 2.40. The largest absolute Gasteiger partial charge is 0.355 e. The number of hydrogen-bond donors (Lipinski definition) is 2. The van der Waals surface area contributed by atoms with Gasteiger partial charge in [0.05, 0.1) is 21.2 Å². The van der Waals surface area contributed by atoms with Gasteiger partial charge in [-0.3, -0.25) is 9.88 Å². The molecule has 2 saturated heterocycles. The zero-order chi connectivity index (χ0) is 26.2. The van der Waals surface area contributed by atoms with Crippen LogP contribution in [0, 0.1) is 11.2 Å². The minimum Gasteiger partial charge on any atom is -0.355 e. The molecule has 0 bridgehead atoms. The molecule has 4 heterocycles. The molecule has 5 nitrogen and oxygen atoms in total. The van der Waals surface area contributed by atoms with Gasteiger partial charge < -0.3 is 10.6 Å². The first-order valence-electron chi connectivity index (χ1n) is 13.9. The molecule has 1 spiro atoms. The number of pyridine rings is 1. The highest BCUT2D eigenvalue weighted by Gasteiger charge is 2.35. The van der Waals surface area contributed by atoms with Crippen LogP contribution in [0.25, 0.3) is 32.2 Å². The Morgan fingerprint density at radius 1 is 0.897 bits per heavy atom. The van der Waals surface area contributed by atoms with Gasteiger partial charge in [-0.15, -0.1) is 11.3 Å². The van der Waals surface area contributed by atoms with Crippen LogP contribution in [0.15, 0.2) is 72.4 Å². The molecule has 7 heteroatoms. The van der Waals surface area contributed by atoms with E-state index in [-0.39, 0.29) is 5.82 Å². The second-order valence-electron chi connectivity index (χ2n) is 11.1. The first kappa shape index (κ1) is 24.6. The Kier molecular flexibility index (Phi) is 6.51. The third-order valence-electron chi connectivity index (χ3n) is 8.68. The van der Waals surface area contributed by atoms with E-state index in [0.29, 0.717) is 11.0 Å². The summed E-state index contributed by atoms with van der Waals surface area (Å²) in [6, 6.07) is 19.9. The molecule has 0 amide bonds. The van der Waals surface area contributed by atoms with E-state index in [1.54, 1.807) is 23.6 Å². The zero-order valence-electron chi connectivity index (χ0n) is 21.9. The quantitative estimate of drug-likeness (QED) is 0.245. The molecule has 0 aliphatic carbocycles. The molecule has 0 unspecified atom stereocenters. The van der Waals surface area contributed by atoms with Crippen LogP contribution in [0.3, 0.4) is 0 Å². The number of likely N-dealkylation sites (tertiary alicyclic amines) is 1. The van der Waals surface area contributed by atoms with E-state index < -0.39 is 0 Å². The molecule has 2 aliphatic rings. The van der Waals surface area contributed by atoms with Crippen LogP contribution >= 0.6 is 11.3 Å². The van der Waals surface area contributed by atoms with Gasteiger partial charge in [0.1, 0.15) is 5.82 Å². The molecule has 5 aromatic rings. The van der Waals surface area contributed by atoms with E-state index >= 15 is 4.39 Å². The lowest BCUT2D eigenvalue weighted by molar-refractivity contribution is 0.0701. The number of nitrogens with one attached hydrogen (secondary N) is 2. The smallest absolute Gasteiger partial charge is 0.131 e. The maximum Gasteiger partial charge on any atom is 0.131 e. The van der Waals surface area contributed by atoms with Crippen molar-refractivity contribution in [2.75, 3.05) is 31.5 Å². The Bertz CT molecular complexity index is 1630. The summed E-state index contributed by atoms with van der Waals surface area (Å²) in [5.74, 6) is -0.175. The molecule has 0 atom stereocenters. The van der Waals surface area contributed by atoms with Crippen molar-refractivity contribution in [2.45, 2.75) is 32.2 Å². The van der Waals surface area contributed by atoms with Gasteiger partial charge in [0.15, 0.2) is 0 Å². The molecule has 198 valence electrons. The fraction of sp³-hybridized carbons (Fsp3) is 0.312. The van der Waals surface area contributed by atoms with Gasteiger partial charge in [-0.05, 0) is 111 Å². The van der Waals surface area contributed by atoms with Crippen molar-refractivity contribution < 1.29 is 4.39 Å². The van der Waals surface area contributed by atoms with Crippen LogP contribution in [0.5, 0.6) is 0 Å². The number of nitrogens with zero attached hydrogens (tertiary/aromatic N) is 3. The van der Waals surface area contributed by atoms with E-state index in [4.69, 9.17) is 0 Å². The number of thiazole rings is 1. The van der Waals surface area contributed by atoms with Crippen LogP contribution in [0.1, 0.15) is 31.2 Å². The molecular weight excluding hydrogens is 505 g/mol. The maximum atomic E-state index is 15.5. The highest BCUT2D eigenvalue weighted by molar-refractivity contribution is 7.16. The summed E-state index contributed by atoms with van der Waals surface area (Å²) in [6.07, 6.45) is 6.91. The Hall–Kier alpha value is -3.39. The van der Waals surface area contributed by atoms with Crippen molar-refractivity contribution in [3.8, 4) is 11.1 Å². The van der Waals surface area contributed by atoms with Gasteiger partial charge in [0.2, 0.25) is 0 Å². The summed E-state index contributed by atoms with van der Waals surface area (Å²) in [4.78, 5) is 11.5. The lowest BCUT2D eigenvalue weighted by atomic mass is 9.71. The van der Waals surface area contributed by atoms with E-state index in [0.717, 1.165) is 76.3 Å². The normalized spacial score (nSPS) is 17.7. The SMILES string of the molecule is Fc1cc(CN2CCC3(CCNCC3)CC2)ccc1-c1ccc2nccc(Nc3ccc4scnc4c3)c2c1. The second kappa shape index (κ2) is 10.3. The van der Waals surface area contributed by atoms with Crippen LogP contribution in [0.4, 0.5) is 15.8 Å². The number of hydrogen-bond acceptors (Lipinski definition) is 6. The first-order chi connectivity index (χ1) is 19.1. The molecule has 0 radical (unpaired) electrons. The molecule has 7 rings (SSSR count). The minimum absolute atomic E-state index is 0.175. The van der Waals surface area contributed by atoms with Crippen LogP contribution < -0.4 is 10.6 Å². The first-order valence-corrected chi connectivity index (χ1v) is 14.7. The average Bonchev–Trinajstić information content (AvgIpc) is 3.43. The molecule has 2 aliphatic heterocycles. The second-order valence-corrected chi connectivity index (χ2v) is 12.0. The van der Waals surface area contributed by atoms with Gasteiger partial charge >= 0.3 is 0 Å². The molecule has 2 aromatic heterocycles. The van der Waals surface area contributed by atoms with Crippen LogP contribution in [0.2, 0.25) is 0 Å². The van der Waals surface area contributed by atoms with E-state index in [2.05, 4.69) is 49.8 Å². The number of halogens is 1. The van der Waals surface area contributed by atoms with Crippen molar-refractivity contribution in [3.63, 3.8) is 0 Å². The lowest BCUT2D eigenvalue weighted by Crippen LogP contribution is -2.45. The standard InChI is InChI=1S/C32H32FN5S/c33-27-17-22(20-38-15-10-32(11-16-38)8-13-34-14-9-32)1-4-25(27)23-2-5-28-26(18-23)29(7-12-35-28)37-24-3-6-31-30(19-24)36-21-39-31/h1-7,12,17-19,21,34H,8-11,13-16,20H2,(H,35,37). The number of anilines is 2. The van der Waals surface area contributed by atoms with Crippen molar-refractivity contribution in [2.24, 2.45) is 5.41 Å². The summed E-state index contributed by atoms with van der Waals surface area (Å²) >= 11 is 1.63. The third-order valence-corrected chi connectivity index (χ3v) is 9.49. The predicted molar refractivity (Wildman–Crippen MR) is 159 cm³/mol. The van der Waals surface area contributed by atoms with E-state index in [1.165, 1.54) is 25.7 Å². The summed E-state index contributed by atoms with van der Waals surface area (Å²) < 4.78 is 16.6. The van der Waals surface area contributed by atoms with Crippen molar-refractivity contribution in [3.05, 3.63) is 83.8 Å². The Morgan fingerprint density at radius 2 is 1.77 bits per heavy atom. The molecule has 2 N–H and O–H groups in total. The van der Waals surface area contributed by atoms with Gasteiger partial charge in [0, 0.05) is 35.1 Å². The van der Waals surface area contributed by atoms with Crippen molar-refractivity contribution in [1.82, 2.24) is 20.2 Å². The van der Waals surface area contributed by atoms with Gasteiger partial charge in [-0.1, -0.05) is 18.2 Å². The van der Waals surface area contributed by atoms with Gasteiger partial charge in [-0.25, -0.2) is 9.37 Å². The lowest BCUT2D eigenvalue weighted by Gasteiger charge is -2.44. The fourth-order valence-electron chi connectivity index (χ4n) is 6.31. The molecule has 0 saturated carbocycles. The predicted octanol–water partition coefficient (Wildman–Crippen LogP) is 7.36. The number of benzene rings is 3. The van der Waals surface area contributed by atoms with E-state index in [9.17, 15) is 0 Å². The highest BCUT2D eigenvalue weighted by atomic mass is 32.1. The Morgan fingerprint density at radius 3 is 2.62 bits per heavy atom. The zero-order valence-corrected chi connectivity index (χ0v) is 22.7. The van der Waals surface area contributed by atoms with Crippen LogP contribution in [-0.4, -0.2) is 41.0 Å².